The number of aliphatic carboxylic acids is 1. The van der Waals surface area contributed by atoms with Gasteiger partial charge in [-0.3, -0.25) is 9.69 Å². The van der Waals surface area contributed by atoms with E-state index in [1.807, 2.05) is 0 Å². The molecule has 1 rings (SSSR count). The van der Waals surface area contributed by atoms with Crippen molar-refractivity contribution < 1.29 is 19.1 Å². The molecule has 0 bridgehead atoms. The number of carboxylic acids is 1. The highest BCUT2D eigenvalue weighted by molar-refractivity contribution is 5.94. The van der Waals surface area contributed by atoms with Crippen LogP contribution in [0.2, 0.25) is 0 Å². The van der Waals surface area contributed by atoms with E-state index in [1.54, 1.807) is 19.1 Å². The summed E-state index contributed by atoms with van der Waals surface area (Å²) < 4.78 is 5.46. The lowest BCUT2D eigenvalue weighted by atomic mass is 10.2. The first kappa shape index (κ1) is 16.2. The smallest absolute Gasteiger partial charge is 0.326 e. The van der Waals surface area contributed by atoms with Gasteiger partial charge in [-0.2, -0.15) is 0 Å². The van der Waals surface area contributed by atoms with E-state index in [4.69, 9.17) is 9.52 Å². The minimum atomic E-state index is -1.05. The molecule has 0 unspecified atom stereocenters. The minimum absolute atomic E-state index is 0.145. The number of hydrogen-bond acceptors (Lipinski definition) is 4. The molecule has 0 fully saturated rings. The van der Waals surface area contributed by atoms with E-state index in [0.29, 0.717) is 18.7 Å². The Bertz CT molecular complexity index is 452. The predicted octanol–water partition coefficient (Wildman–Crippen LogP) is 1.71. The van der Waals surface area contributed by atoms with Crippen molar-refractivity contribution in [1.29, 1.82) is 0 Å². The Kier molecular flexibility index (Phi) is 6.24. The molecule has 0 radical (unpaired) electrons. The van der Waals surface area contributed by atoms with Crippen LogP contribution in [-0.4, -0.2) is 41.0 Å². The average Bonchev–Trinajstić information content (AvgIpc) is 2.90. The third kappa shape index (κ3) is 4.38. The summed E-state index contributed by atoms with van der Waals surface area (Å²) in [5.41, 5.74) is 0. The Hall–Kier alpha value is -1.82. The fourth-order valence-corrected chi connectivity index (χ4v) is 1.82. The van der Waals surface area contributed by atoms with Crippen LogP contribution < -0.4 is 5.32 Å². The van der Waals surface area contributed by atoms with Gasteiger partial charge in [0.05, 0.1) is 6.54 Å². The second-order valence-corrected chi connectivity index (χ2v) is 4.50. The topological polar surface area (TPSA) is 82.8 Å². The van der Waals surface area contributed by atoms with E-state index < -0.39 is 17.9 Å². The van der Waals surface area contributed by atoms with Crippen molar-refractivity contribution in [3.63, 3.8) is 0 Å². The summed E-state index contributed by atoms with van der Waals surface area (Å²) >= 11 is 0. The number of furan rings is 1. The Morgan fingerprint density at radius 2 is 1.95 bits per heavy atom. The third-order valence-corrected chi connectivity index (χ3v) is 3.17. The standard InChI is InChI=1S/C14H22N2O4/c1-4-11(14(18)19)15-13(17)12-8-7-10(20-12)9-16(5-2)6-3/h7-8,11H,4-6,9H2,1-3H3,(H,15,17)(H,18,19)/t11-/m0/s1. The molecule has 1 atom stereocenters. The van der Waals surface area contributed by atoms with E-state index in [-0.39, 0.29) is 5.76 Å². The Labute approximate surface area is 118 Å². The molecule has 0 aliphatic carbocycles. The van der Waals surface area contributed by atoms with Crippen molar-refractivity contribution in [2.45, 2.75) is 39.8 Å². The molecule has 1 amide bonds. The summed E-state index contributed by atoms with van der Waals surface area (Å²) in [6.07, 6.45) is 0.327. The van der Waals surface area contributed by atoms with E-state index in [9.17, 15) is 9.59 Å². The first-order valence-electron chi connectivity index (χ1n) is 6.86. The fourth-order valence-electron chi connectivity index (χ4n) is 1.82. The molecule has 0 saturated heterocycles. The summed E-state index contributed by atoms with van der Waals surface area (Å²) in [4.78, 5) is 24.9. The zero-order chi connectivity index (χ0) is 15.1. The van der Waals surface area contributed by atoms with Gasteiger partial charge in [0.1, 0.15) is 11.8 Å². The van der Waals surface area contributed by atoms with Gasteiger partial charge in [-0.1, -0.05) is 20.8 Å². The first-order valence-corrected chi connectivity index (χ1v) is 6.86. The molecule has 0 spiro atoms. The minimum Gasteiger partial charge on any atom is -0.480 e. The van der Waals surface area contributed by atoms with Crippen LogP contribution in [0, 0.1) is 0 Å². The number of carbonyl (C=O) groups excluding carboxylic acids is 1. The number of hydrogen-bond donors (Lipinski definition) is 2. The van der Waals surface area contributed by atoms with Gasteiger partial charge in [0.15, 0.2) is 5.76 Å². The van der Waals surface area contributed by atoms with Crippen LogP contribution in [0.3, 0.4) is 0 Å². The number of carbonyl (C=O) groups is 2. The van der Waals surface area contributed by atoms with E-state index >= 15 is 0 Å². The normalized spacial score (nSPS) is 12.4. The quantitative estimate of drug-likeness (QED) is 0.758. The van der Waals surface area contributed by atoms with Gasteiger partial charge in [0, 0.05) is 0 Å². The monoisotopic (exact) mass is 282 g/mol. The highest BCUT2D eigenvalue weighted by Crippen LogP contribution is 2.11. The molecule has 0 aliphatic heterocycles. The third-order valence-electron chi connectivity index (χ3n) is 3.17. The lowest BCUT2D eigenvalue weighted by molar-refractivity contribution is -0.139. The number of carboxylic acid groups (broad SMARTS) is 1. The Morgan fingerprint density at radius 3 is 2.45 bits per heavy atom. The van der Waals surface area contributed by atoms with Crippen molar-refractivity contribution in [1.82, 2.24) is 10.2 Å². The Morgan fingerprint density at radius 1 is 1.30 bits per heavy atom. The summed E-state index contributed by atoms with van der Waals surface area (Å²) in [7, 11) is 0. The molecule has 0 aromatic carbocycles. The maximum Gasteiger partial charge on any atom is 0.326 e. The van der Waals surface area contributed by atoms with Crippen LogP contribution in [0.15, 0.2) is 16.5 Å². The van der Waals surface area contributed by atoms with Crippen LogP contribution in [0.1, 0.15) is 43.5 Å². The first-order chi connectivity index (χ1) is 9.51. The summed E-state index contributed by atoms with van der Waals surface area (Å²) in [5, 5.41) is 11.3. The Balaban J connectivity index is 2.66. The molecular formula is C14H22N2O4. The molecule has 1 heterocycles. The maximum atomic E-state index is 11.9. The lowest BCUT2D eigenvalue weighted by Crippen LogP contribution is -2.40. The largest absolute Gasteiger partial charge is 0.480 e. The van der Waals surface area contributed by atoms with Gasteiger partial charge in [0.25, 0.3) is 5.91 Å². The molecule has 6 heteroatoms. The van der Waals surface area contributed by atoms with Crippen LogP contribution in [0.25, 0.3) is 0 Å². The van der Waals surface area contributed by atoms with Crippen LogP contribution >= 0.6 is 0 Å². The molecule has 6 nitrogen and oxygen atoms in total. The van der Waals surface area contributed by atoms with Crippen LogP contribution in [0.5, 0.6) is 0 Å². The molecule has 1 aromatic rings. The summed E-state index contributed by atoms with van der Waals surface area (Å²) in [5.74, 6) is -0.699. The van der Waals surface area contributed by atoms with E-state index in [1.165, 1.54) is 0 Å². The fraction of sp³-hybridized carbons (Fsp3) is 0.571. The van der Waals surface area contributed by atoms with Gasteiger partial charge >= 0.3 is 5.97 Å². The van der Waals surface area contributed by atoms with Crippen LogP contribution in [-0.2, 0) is 11.3 Å². The van der Waals surface area contributed by atoms with Gasteiger partial charge in [-0.25, -0.2) is 4.79 Å². The molecule has 112 valence electrons. The SMILES string of the molecule is CC[C@H](NC(=O)c1ccc(CN(CC)CC)o1)C(=O)O. The second kappa shape index (κ2) is 7.69. The molecule has 0 saturated carbocycles. The molecule has 0 aliphatic rings. The van der Waals surface area contributed by atoms with Gasteiger partial charge in [-0.15, -0.1) is 0 Å². The van der Waals surface area contributed by atoms with Gasteiger partial charge < -0.3 is 14.8 Å². The molecule has 2 N–H and O–H groups in total. The number of rotatable bonds is 8. The highest BCUT2D eigenvalue weighted by atomic mass is 16.4. The summed E-state index contributed by atoms with van der Waals surface area (Å²) in [6.45, 7) is 8.24. The lowest BCUT2D eigenvalue weighted by Gasteiger charge is -2.15. The predicted molar refractivity (Wildman–Crippen MR) is 74.5 cm³/mol. The molecule has 20 heavy (non-hydrogen) atoms. The zero-order valence-corrected chi connectivity index (χ0v) is 12.2. The molecular weight excluding hydrogens is 260 g/mol. The zero-order valence-electron chi connectivity index (χ0n) is 12.2. The van der Waals surface area contributed by atoms with E-state index in [2.05, 4.69) is 24.1 Å². The van der Waals surface area contributed by atoms with Crippen LogP contribution in [0.4, 0.5) is 0 Å². The van der Waals surface area contributed by atoms with Crippen molar-refractivity contribution in [2.75, 3.05) is 13.1 Å². The number of nitrogens with zero attached hydrogens (tertiary/aromatic N) is 1. The number of amides is 1. The number of nitrogens with one attached hydrogen (secondary N) is 1. The second-order valence-electron chi connectivity index (χ2n) is 4.50. The highest BCUT2D eigenvalue weighted by Gasteiger charge is 2.20. The van der Waals surface area contributed by atoms with Gasteiger partial charge in [0.2, 0.25) is 0 Å². The maximum absolute atomic E-state index is 11.9. The molecule has 1 aromatic heterocycles. The van der Waals surface area contributed by atoms with Gasteiger partial charge in [-0.05, 0) is 31.6 Å². The van der Waals surface area contributed by atoms with Crippen molar-refractivity contribution in [3.05, 3.63) is 23.7 Å². The van der Waals surface area contributed by atoms with E-state index in [0.717, 1.165) is 13.1 Å². The van der Waals surface area contributed by atoms with Crippen molar-refractivity contribution >= 4 is 11.9 Å². The summed E-state index contributed by atoms with van der Waals surface area (Å²) in [6, 6.07) is 2.43. The van der Waals surface area contributed by atoms with Crippen molar-refractivity contribution in [2.24, 2.45) is 0 Å². The van der Waals surface area contributed by atoms with Crippen molar-refractivity contribution in [3.8, 4) is 0 Å². The average molecular weight is 282 g/mol.